The standard InChI is InChI=1S/C26H31NO4/c1-4-21(14-24(17(3)28)19-8-5-7-18(12-19)15-27)31-26-20(13-25(29)30)11-16(2)22-9-6-10-23(22)26/h5,7-8,11-12,14,21,28H,3-4,6,9-10,13,15,27H2,1-2H3,(H,29,30)/b24-14+. The Morgan fingerprint density at radius 3 is 2.65 bits per heavy atom. The SMILES string of the molecule is C=C(O)/C(=C\C(CC)Oc1c(CC(=O)O)cc(C)c2c1CCC2)c1cccc(CN)c1. The number of allylic oxidation sites excluding steroid dienone is 1. The molecule has 0 heterocycles. The van der Waals surface area contributed by atoms with Crippen molar-refractivity contribution >= 4 is 11.5 Å². The zero-order chi connectivity index (χ0) is 22.5. The molecule has 0 bridgehead atoms. The number of aliphatic hydroxyl groups is 1. The van der Waals surface area contributed by atoms with Crippen LogP contribution in [0.25, 0.3) is 5.57 Å². The van der Waals surface area contributed by atoms with E-state index in [1.54, 1.807) is 0 Å². The van der Waals surface area contributed by atoms with E-state index in [0.29, 0.717) is 29.9 Å². The predicted octanol–water partition coefficient (Wildman–Crippen LogP) is 4.88. The number of hydrogen-bond acceptors (Lipinski definition) is 4. The van der Waals surface area contributed by atoms with Gasteiger partial charge in [-0.15, -0.1) is 0 Å². The van der Waals surface area contributed by atoms with E-state index < -0.39 is 5.97 Å². The van der Waals surface area contributed by atoms with Gasteiger partial charge in [0.2, 0.25) is 0 Å². The second-order valence-electron chi connectivity index (χ2n) is 8.06. The van der Waals surface area contributed by atoms with Crippen molar-refractivity contribution in [2.45, 2.75) is 58.6 Å². The maximum absolute atomic E-state index is 11.5. The predicted molar refractivity (Wildman–Crippen MR) is 123 cm³/mol. The second kappa shape index (κ2) is 9.84. The zero-order valence-corrected chi connectivity index (χ0v) is 18.3. The van der Waals surface area contributed by atoms with Crippen LogP contribution in [0.15, 0.2) is 48.7 Å². The average Bonchev–Trinajstić information content (AvgIpc) is 3.23. The van der Waals surface area contributed by atoms with Gasteiger partial charge in [-0.25, -0.2) is 0 Å². The lowest BCUT2D eigenvalue weighted by atomic mass is 9.96. The van der Waals surface area contributed by atoms with Crippen molar-refractivity contribution in [3.8, 4) is 5.75 Å². The van der Waals surface area contributed by atoms with Crippen LogP contribution in [0.1, 0.15) is 53.1 Å². The molecule has 5 heteroatoms. The largest absolute Gasteiger partial charge is 0.508 e. The molecule has 0 spiro atoms. The Kier molecular flexibility index (Phi) is 7.18. The molecule has 2 aromatic carbocycles. The molecule has 1 unspecified atom stereocenters. The average molecular weight is 422 g/mol. The van der Waals surface area contributed by atoms with Gasteiger partial charge in [0.25, 0.3) is 0 Å². The van der Waals surface area contributed by atoms with Gasteiger partial charge in [0.15, 0.2) is 0 Å². The number of rotatable bonds is 9. The third-order valence-corrected chi connectivity index (χ3v) is 5.80. The van der Waals surface area contributed by atoms with Crippen LogP contribution in [0.4, 0.5) is 0 Å². The van der Waals surface area contributed by atoms with Crippen molar-refractivity contribution in [2.24, 2.45) is 5.73 Å². The van der Waals surface area contributed by atoms with Gasteiger partial charge < -0.3 is 20.7 Å². The molecular formula is C26H31NO4. The maximum atomic E-state index is 11.5. The fourth-order valence-corrected chi connectivity index (χ4v) is 4.28. The minimum atomic E-state index is -0.881. The van der Waals surface area contributed by atoms with E-state index in [1.807, 2.05) is 50.3 Å². The Balaban J connectivity index is 2.02. The van der Waals surface area contributed by atoms with Gasteiger partial charge in [-0.2, -0.15) is 0 Å². The smallest absolute Gasteiger partial charge is 0.307 e. The Morgan fingerprint density at radius 1 is 1.26 bits per heavy atom. The molecule has 0 radical (unpaired) electrons. The lowest BCUT2D eigenvalue weighted by Crippen LogP contribution is -2.17. The number of carboxylic acids is 1. The Bertz CT molecular complexity index is 1020. The van der Waals surface area contributed by atoms with Gasteiger partial charge in [0, 0.05) is 17.7 Å². The fourth-order valence-electron chi connectivity index (χ4n) is 4.28. The summed E-state index contributed by atoms with van der Waals surface area (Å²) in [4.78, 5) is 11.5. The number of fused-ring (bicyclic) bond motifs is 1. The van der Waals surface area contributed by atoms with E-state index in [1.165, 1.54) is 5.56 Å². The lowest BCUT2D eigenvalue weighted by molar-refractivity contribution is -0.136. The summed E-state index contributed by atoms with van der Waals surface area (Å²) in [5.41, 5.74) is 12.4. The summed E-state index contributed by atoms with van der Waals surface area (Å²) in [6, 6.07) is 9.61. The van der Waals surface area contributed by atoms with Gasteiger partial charge in [-0.3, -0.25) is 4.79 Å². The first-order valence-electron chi connectivity index (χ1n) is 10.8. The van der Waals surface area contributed by atoms with Crippen LogP contribution < -0.4 is 10.5 Å². The first kappa shape index (κ1) is 22.6. The Hall–Kier alpha value is -3.05. The third-order valence-electron chi connectivity index (χ3n) is 5.80. The Morgan fingerprint density at radius 2 is 2.00 bits per heavy atom. The van der Waals surface area contributed by atoms with Gasteiger partial charge in [0.05, 0.1) is 6.42 Å². The molecule has 31 heavy (non-hydrogen) atoms. The van der Waals surface area contributed by atoms with Gasteiger partial charge in [-0.1, -0.05) is 37.8 Å². The number of aliphatic carboxylic acids is 1. The summed E-state index contributed by atoms with van der Waals surface area (Å²) in [6.45, 7) is 8.17. The first-order chi connectivity index (χ1) is 14.8. The van der Waals surface area contributed by atoms with Crippen LogP contribution in [0.5, 0.6) is 5.75 Å². The van der Waals surface area contributed by atoms with Gasteiger partial charge in [0.1, 0.15) is 17.6 Å². The normalized spacial score (nSPS) is 14.2. The highest BCUT2D eigenvalue weighted by Gasteiger charge is 2.24. The number of aryl methyl sites for hydroxylation is 1. The topological polar surface area (TPSA) is 92.8 Å². The highest BCUT2D eigenvalue weighted by Crippen LogP contribution is 2.38. The molecule has 1 aliphatic rings. The van der Waals surface area contributed by atoms with E-state index in [9.17, 15) is 15.0 Å². The van der Waals surface area contributed by atoms with Crippen LogP contribution in [-0.2, 0) is 30.6 Å². The van der Waals surface area contributed by atoms with Gasteiger partial charge in [-0.05, 0) is 72.6 Å². The van der Waals surface area contributed by atoms with E-state index in [0.717, 1.165) is 41.5 Å². The van der Waals surface area contributed by atoms with E-state index in [4.69, 9.17) is 10.5 Å². The van der Waals surface area contributed by atoms with Crippen molar-refractivity contribution in [3.05, 3.63) is 82.1 Å². The van der Waals surface area contributed by atoms with E-state index in [2.05, 4.69) is 6.58 Å². The lowest BCUT2D eigenvalue weighted by Gasteiger charge is -2.22. The molecule has 4 N–H and O–H groups in total. The van der Waals surface area contributed by atoms with Crippen LogP contribution in [0.3, 0.4) is 0 Å². The number of aliphatic hydroxyl groups excluding tert-OH is 1. The molecule has 2 aromatic rings. The number of hydrogen-bond donors (Lipinski definition) is 3. The highest BCUT2D eigenvalue weighted by molar-refractivity contribution is 5.77. The van der Waals surface area contributed by atoms with Crippen molar-refractivity contribution in [1.82, 2.24) is 0 Å². The molecule has 1 aliphatic carbocycles. The van der Waals surface area contributed by atoms with Gasteiger partial charge >= 0.3 is 5.97 Å². The third kappa shape index (κ3) is 5.17. The van der Waals surface area contributed by atoms with Crippen molar-refractivity contribution in [3.63, 3.8) is 0 Å². The molecule has 0 saturated carbocycles. The molecule has 0 amide bonds. The summed E-state index contributed by atoms with van der Waals surface area (Å²) >= 11 is 0. The molecule has 0 saturated heterocycles. The van der Waals surface area contributed by atoms with E-state index in [-0.39, 0.29) is 18.3 Å². The fraction of sp³-hybridized carbons (Fsp3) is 0.346. The minimum Gasteiger partial charge on any atom is -0.508 e. The minimum absolute atomic E-state index is 0.0453. The molecule has 164 valence electrons. The number of carbonyl (C=O) groups is 1. The van der Waals surface area contributed by atoms with Crippen molar-refractivity contribution < 1.29 is 19.7 Å². The van der Waals surface area contributed by atoms with Crippen LogP contribution in [-0.4, -0.2) is 22.3 Å². The molecular weight excluding hydrogens is 390 g/mol. The number of benzene rings is 2. The summed E-state index contributed by atoms with van der Waals surface area (Å²) in [5, 5.41) is 19.7. The quantitative estimate of drug-likeness (QED) is 0.396. The summed E-state index contributed by atoms with van der Waals surface area (Å²) < 4.78 is 6.44. The maximum Gasteiger partial charge on any atom is 0.307 e. The van der Waals surface area contributed by atoms with Crippen molar-refractivity contribution in [1.29, 1.82) is 0 Å². The first-order valence-corrected chi connectivity index (χ1v) is 10.8. The number of ether oxygens (including phenoxy) is 1. The molecule has 3 rings (SSSR count). The molecule has 5 nitrogen and oxygen atoms in total. The summed E-state index contributed by atoms with van der Waals surface area (Å²) in [6.07, 6.45) is 5.01. The zero-order valence-electron chi connectivity index (χ0n) is 18.3. The highest BCUT2D eigenvalue weighted by atomic mass is 16.5. The molecule has 0 aromatic heterocycles. The van der Waals surface area contributed by atoms with E-state index >= 15 is 0 Å². The van der Waals surface area contributed by atoms with Crippen molar-refractivity contribution in [2.75, 3.05) is 0 Å². The number of nitrogens with two attached hydrogens (primary N) is 1. The number of carboxylic acid groups (broad SMARTS) is 1. The molecule has 1 atom stereocenters. The van der Waals surface area contributed by atoms with Crippen LogP contribution >= 0.6 is 0 Å². The molecule has 0 aliphatic heterocycles. The summed E-state index contributed by atoms with van der Waals surface area (Å²) in [7, 11) is 0. The monoisotopic (exact) mass is 421 g/mol. The van der Waals surface area contributed by atoms with Crippen LogP contribution in [0, 0.1) is 6.92 Å². The molecule has 0 fully saturated rings. The summed E-state index contributed by atoms with van der Waals surface area (Å²) in [5.74, 6) is -0.243. The Labute approximate surface area is 183 Å². The second-order valence-corrected chi connectivity index (χ2v) is 8.06. The van der Waals surface area contributed by atoms with Crippen LogP contribution in [0.2, 0.25) is 0 Å².